The average molecular weight is 272 g/mol. The van der Waals surface area contributed by atoms with Gasteiger partial charge in [-0.1, -0.05) is 17.7 Å². The van der Waals surface area contributed by atoms with Crippen molar-refractivity contribution in [1.29, 1.82) is 0 Å². The standard InChI is InChI=1S/C10H8BrClN2/c1-2-3-6-4-7-9(12)8(11)5-13-10(7)14-6/h2-5H,1H3,(H,13,14)/b3-2+. The van der Waals surface area contributed by atoms with Gasteiger partial charge in [-0.15, -0.1) is 0 Å². The molecule has 4 heteroatoms. The molecule has 0 fully saturated rings. The van der Waals surface area contributed by atoms with Crippen molar-refractivity contribution in [3.8, 4) is 0 Å². The molecule has 2 heterocycles. The number of halogens is 2. The fourth-order valence-electron chi connectivity index (χ4n) is 1.31. The number of allylic oxidation sites excluding steroid dienone is 1. The molecule has 0 aliphatic heterocycles. The van der Waals surface area contributed by atoms with Gasteiger partial charge in [0.05, 0.1) is 9.50 Å². The Hall–Kier alpha value is -0.800. The summed E-state index contributed by atoms with van der Waals surface area (Å²) in [6, 6.07) is 1.98. The Morgan fingerprint density at radius 3 is 3.07 bits per heavy atom. The van der Waals surface area contributed by atoms with Crippen molar-refractivity contribution >= 4 is 44.6 Å². The van der Waals surface area contributed by atoms with Crippen LogP contribution in [0.3, 0.4) is 0 Å². The summed E-state index contributed by atoms with van der Waals surface area (Å²) in [5, 5.41) is 1.64. The largest absolute Gasteiger partial charge is 0.340 e. The van der Waals surface area contributed by atoms with E-state index in [0.29, 0.717) is 5.02 Å². The number of H-pyrrole nitrogens is 1. The highest BCUT2D eigenvalue weighted by atomic mass is 79.9. The Morgan fingerprint density at radius 2 is 2.36 bits per heavy atom. The van der Waals surface area contributed by atoms with Crippen LogP contribution >= 0.6 is 27.5 Å². The summed E-state index contributed by atoms with van der Waals surface area (Å²) >= 11 is 9.45. The summed E-state index contributed by atoms with van der Waals surface area (Å²) in [6.45, 7) is 1.97. The van der Waals surface area contributed by atoms with Crippen LogP contribution in [0.2, 0.25) is 5.02 Å². The zero-order valence-corrected chi connectivity index (χ0v) is 9.85. The number of aromatic nitrogens is 2. The topological polar surface area (TPSA) is 28.7 Å². The molecule has 0 unspecified atom stereocenters. The highest BCUT2D eigenvalue weighted by Gasteiger charge is 2.06. The lowest BCUT2D eigenvalue weighted by molar-refractivity contribution is 1.30. The van der Waals surface area contributed by atoms with Crippen LogP contribution in [0.15, 0.2) is 22.8 Å². The van der Waals surface area contributed by atoms with E-state index in [-0.39, 0.29) is 0 Å². The number of aromatic amines is 1. The van der Waals surface area contributed by atoms with Gasteiger partial charge in [-0.25, -0.2) is 4.98 Å². The second-order valence-corrected chi connectivity index (χ2v) is 4.14. The first kappa shape index (κ1) is 9.74. The minimum Gasteiger partial charge on any atom is -0.340 e. The van der Waals surface area contributed by atoms with Crippen molar-refractivity contribution < 1.29 is 0 Å². The Balaban J connectivity index is 2.71. The number of hydrogen-bond donors (Lipinski definition) is 1. The van der Waals surface area contributed by atoms with Crippen molar-refractivity contribution in [3.63, 3.8) is 0 Å². The Kier molecular flexibility index (Phi) is 2.61. The third-order valence-corrected chi connectivity index (χ3v) is 3.15. The van der Waals surface area contributed by atoms with Crippen LogP contribution in [0.4, 0.5) is 0 Å². The molecule has 0 aliphatic carbocycles. The van der Waals surface area contributed by atoms with Gasteiger partial charge in [-0.05, 0) is 35.0 Å². The number of rotatable bonds is 1. The van der Waals surface area contributed by atoms with Crippen molar-refractivity contribution in [2.24, 2.45) is 0 Å². The first-order valence-corrected chi connectivity index (χ1v) is 5.35. The summed E-state index contributed by atoms with van der Waals surface area (Å²) in [4.78, 5) is 7.39. The van der Waals surface area contributed by atoms with Crippen LogP contribution in [0, 0.1) is 0 Å². The second kappa shape index (κ2) is 3.75. The average Bonchev–Trinajstić information content (AvgIpc) is 2.56. The molecular weight excluding hydrogens is 263 g/mol. The number of fused-ring (bicyclic) bond motifs is 1. The molecular formula is C10H8BrClN2. The predicted molar refractivity (Wildman–Crippen MR) is 63.5 cm³/mol. The second-order valence-electron chi connectivity index (χ2n) is 2.91. The highest BCUT2D eigenvalue weighted by Crippen LogP contribution is 2.29. The molecule has 0 atom stereocenters. The van der Waals surface area contributed by atoms with Gasteiger partial charge in [-0.2, -0.15) is 0 Å². The molecule has 0 aromatic carbocycles. The van der Waals surface area contributed by atoms with Crippen molar-refractivity contribution in [1.82, 2.24) is 9.97 Å². The summed E-state index contributed by atoms with van der Waals surface area (Å²) in [5.74, 6) is 0. The van der Waals surface area contributed by atoms with E-state index < -0.39 is 0 Å². The molecule has 2 rings (SSSR count). The molecule has 2 aromatic heterocycles. The molecule has 1 N–H and O–H groups in total. The normalized spacial score (nSPS) is 11.6. The zero-order chi connectivity index (χ0) is 10.1. The predicted octanol–water partition coefficient (Wildman–Crippen LogP) is 4.01. The zero-order valence-electron chi connectivity index (χ0n) is 7.51. The minimum atomic E-state index is 0.696. The Bertz CT molecular complexity index is 502. The smallest absolute Gasteiger partial charge is 0.139 e. The van der Waals surface area contributed by atoms with Crippen molar-refractivity contribution in [2.75, 3.05) is 0 Å². The van der Waals surface area contributed by atoms with Crippen LogP contribution in [0.5, 0.6) is 0 Å². The monoisotopic (exact) mass is 270 g/mol. The van der Waals surface area contributed by atoms with Gasteiger partial charge in [0.1, 0.15) is 5.65 Å². The van der Waals surface area contributed by atoms with Gasteiger partial charge < -0.3 is 4.98 Å². The molecule has 0 radical (unpaired) electrons. The molecule has 0 saturated heterocycles. The van der Waals surface area contributed by atoms with Gasteiger partial charge in [0, 0.05) is 17.3 Å². The van der Waals surface area contributed by atoms with Gasteiger partial charge in [0.2, 0.25) is 0 Å². The van der Waals surface area contributed by atoms with Crippen LogP contribution in [0.25, 0.3) is 17.1 Å². The highest BCUT2D eigenvalue weighted by molar-refractivity contribution is 9.10. The maximum absolute atomic E-state index is 6.11. The Morgan fingerprint density at radius 1 is 1.57 bits per heavy atom. The van der Waals surface area contributed by atoms with E-state index in [1.807, 2.05) is 25.1 Å². The SMILES string of the molecule is C/C=C/c1cc2c(Cl)c(Br)cnc2[nH]1. The number of nitrogens with zero attached hydrogens (tertiary/aromatic N) is 1. The maximum Gasteiger partial charge on any atom is 0.139 e. The van der Waals surface area contributed by atoms with Crippen LogP contribution in [0.1, 0.15) is 12.6 Å². The van der Waals surface area contributed by atoms with Crippen LogP contribution in [-0.4, -0.2) is 9.97 Å². The van der Waals surface area contributed by atoms with E-state index in [4.69, 9.17) is 11.6 Å². The van der Waals surface area contributed by atoms with E-state index in [2.05, 4.69) is 25.9 Å². The lowest BCUT2D eigenvalue weighted by Gasteiger charge is -1.94. The molecule has 2 aromatic rings. The fraction of sp³-hybridized carbons (Fsp3) is 0.100. The first-order valence-electron chi connectivity index (χ1n) is 4.18. The Labute approximate surface area is 95.1 Å². The van der Waals surface area contributed by atoms with E-state index in [9.17, 15) is 0 Å². The molecule has 2 nitrogen and oxygen atoms in total. The van der Waals surface area contributed by atoms with E-state index >= 15 is 0 Å². The van der Waals surface area contributed by atoms with Crippen molar-refractivity contribution in [3.05, 3.63) is 33.5 Å². The quantitative estimate of drug-likeness (QED) is 0.834. The van der Waals surface area contributed by atoms with Gasteiger partial charge >= 0.3 is 0 Å². The van der Waals surface area contributed by atoms with E-state index in [1.165, 1.54) is 0 Å². The van der Waals surface area contributed by atoms with E-state index in [0.717, 1.165) is 21.2 Å². The lowest BCUT2D eigenvalue weighted by atomic mass is 10.3. The molecule has 0 amide bonds. The number of pyridine rings is 1. The molecule has 0 saturated carbocycles. The molecule has 0 aliphatic rings. The number of hydrogen-bond acceptors (Lipinski definition) is 1. The number of nitrogens with one attached hydrogen (secondary N) is 1. The molecule has 0 bridgehead atoms. The summed E-state index contributed by atoms with van der Waals surface area (Å²) < 4.78 is 0.817. The van der Waals surface area contributed by atoms with Crippen LogP contribution in [-0.2, 0) is 0 Å². The molecule has 0 spiro atoms. The molecule has 14 heavy (non-hydrogen) atoms. The lowest BCUT2D eigenvalue weighted by Crippen LogP contribution is -1.77. The molecule has 72 valence electrons. The van der Waals surface area contributed by atoms with Crippen LogP contribution < -0.4 is 0 Å². The fourth-order valence-corrected chi connectivity index (χ4v) is 1.82. The maximum atomic E-state index is 6.11. The van der Waals surface area contributed by atoms with Gasteiger partial charge in [0.15, 0.2) is 0 Å². The van der Waals surface area contributed by atoms with Gasteiger partial charge in [-0.3, -0.25) is 0 Å². The third-order valence-electron chi connectivity index (χ3n) is 1.92. The first-order chi connectivity index (χ1) is 6.72. The minimum absolute atomic E-state index is 0.696. The summed E-state index contributed by atoms with van der Waals surface area (Å²) in [7, 11) is 0. The summed E-state index contributed by atoms with van der Waals surface area (Å²) in [5.41, 5.74) is 1.82. The van der Waals surface area contributed by atoms with Crippen molar-refractivity contribution in [2.45, 2.75) is 6.92 Å². The summed E-state index contributed by atoms with van der Waals surface area (Å²) in [6.07, 6.45) is 5.64. The van der Waals surface area contributed by atoms with Gasteiger partial charge in [0.25, 0.3) is 0 Å². The van der Waals surface area contributed by atoms with E-state index in [1.54, 1.807) is 6.20 Å². The third kappa shape index (κ3) is 1.57.